The van der Waals surface area contributed by atoms with E-state index < -0.39 is 0 Å². The van der Waals surface area contributed by atoms with Gasteiger partial charge in [-0.05, 0) is 50.3 Å². The van der Waals surface area contributed by atoms with Gasteiger partial charge >= 0.3 is 0 Å². The predicted octanol–water partition coefficient (Wildman–Crippen LogP) is 3.41. The van der Waals surface area contributed by atoms with E-state index in [1.165, 1.54) is 31.2 Å². The van der Waals surface area contributed by atoms with Crippen LogP contribution in [0.5, 0.6) is 5.75 Å². The first-order valence-electron chi connectivity index (χ1n) is 7.15. The van der Waals surface area contributed by atoms with Crippen molar-refractivity contribution in [1.82, 2.24) is 5.32 Å². The maximum Gasteiger partial charge on any atom is 0.122 e. The van der Waals surface area contributed by atoms with Crippen LogP contribution in [0, 0.1) is 5.92 Å². The lowest BCUT2D eigenvalue weighted by Gasteiger charge is -2.15. The maximum absolute atomic E-state index is 5.38. The summed E-state index contributed by atoms with van der Waals surface area (Å²) < 4.78 is 5.38. The van der Waals surface area contributed by atoms with E-state index in [1.54, 1.807) is 7.11 Å². The molecule has 1 fully saturated rings. The number of rotatable bonds is 8. The first-order chi connectivity index (χ1) is 8.79. The second-order valence-electron chi connectivity index (χ2n) is 5.46. The van der Waals surface area contributed by atoms with Gasteiger partial charge in [-0.1, -0.05) is 31.0 Å². The highest BCUT2D eigenvalue weighted by atomic mass is 16.5. The average molecular weight is 247 g/mol. The smallest absolute Gasteiger partial charge is 0.122 e. The van der Waals surface area contributed by atoms with Gasteiger partial charge in [0, 0.05) is 6.04 Å². The summed E-state index contributed by atoms with van der Waals surface area (Å²) in [6.07, 6.45) is 6.70. The molecule has 0 heterocycles. The number of benzene rings is 1. The van der Waals surface area contributed by atoms with E-state index in [1.807, 2.05) is 12.1 Å². The van der Waals surface area contributed by atoms with Gasteiger partial charge in [0.05, 0.1) is 7.11 Å². The SMILES string of the molecule is COc1ccccc1CC(C)NCCCC1CC1. The Bertz CT molecular complexity index is 360. The summed E-state index contributed by atoms with van der Waals surface area (Å²) in [6.45, 7) is 3.40. The van der Waals surface area contributed by atoms with E-state index in [0.29, 0.717) is 6.04 Å². The Morgan fingerprint density at radius 3 is 2.83 bits per heavy atom. The van der Waals surface area contributed by atoms with Crippen molar-refractivity contribution in [3.05, 3.63) is 29.8 Å². The van der Waals surface area contributed by atoms with Gasteiger partial charge in [0.25, 0.3) is 0 Å². The largest absolute Gasteiger partial charge is 0.496 e. The summed E-state index contributed by atoms with van der Waals surface area (Å²) >= 11 is 0. The molecule has 1 unspecified atom stereocenters. The van der Waals surface area contributed by atoms with Crippen LogP contribution < -0.4 is 10.1 Å². The van der Waals surface area contributed by atoms with E-state index >= 15 is 0 Å². The summed E-state index contributed by atoms with van der Waals surface area (Å²) in [5.74, 6) is 2.06. The monoisotopic (exact) mass is 247 g/mol. The standard InChI is InChI=1S/C16H25NO/c1-13(17-11-5-6-14-9-10-14)12-15-7-3-4-8-16(15)18-2/h3-4,7-8,13-14,17H,5-6,9-12H2,1-2H3. The molecule has 1 aliphatic carbocycles. The van der Waals surface area contributed by atoms with Crippen molar-refractivity contribution in [2.75, 3.05) is 13.7 Å². The molecular formula is C16H25NO. The summed E-state index contributed by atoms with van der Waals surface area (Å²) in [7, 11) is 1.74. The van der Waals surface area contributed by atoms with Gasteiger partial charge in [-0.25, -0.2) is 0 Å². The first kappa shape index (κ1) is 13.4. The summed E-state index contributed by atoms with van der Waals surface area (Å²) in [5.41, 5.74) is 1.29. The van der Waals surface area contributed by atoms with Crippen LogP contribution in [0.15, 0.2) is 24.3 Å². The third kappa shape index (κ3) is 4.34. The molecule has 1 N–H and O–H groups in total. The van der Waals surface area contributed by atoms with Crippen molar-refractivity contribution in [2.45, 2.75) is 45.1 Å². The highest BCUT2D eigenvalue weighted by molar-refractivity contribution is 5.33. The van der Waals surface area contributed by atoms with Crippen molar-refractivity contribution in [2.24, 2.45) is 5.92 Å². The number of para-hydroxylation sites is 1. The van der Waals surface area contributed by atoms with Crippen LogP contribution in [0.2, 0.25) is 0 Å². The third-order valence-electron chi connectivity index (χ3n) is 3.70. The minimum absolute atomic E-state index is 0.514. The Balaban J connectivity index is 1.70. The third-order valence-corrected chi connectivity index (χ3v) is 3.70. The van der Waals surface area contributed by atoms with Gasteiger partial charge in [-0.15, -0.1) is 0 Å². The predicted molar refractivity (Wildman–Crippen MR) is 76.1 cm³/mol. The minimum atomic E-state index is 0.514. The zero-order valence-electron chi connectivity index (χ0n) is 11.6. The molecule has 0 bridgehead atoms. The number of nitrogens with one attached hydrogen (secondary N) is 1. The van der Waals surface area contributed by atoms with Crippen molar-refractivity contribution in [1.29, 1.82) is 0 Å². The summed E-state index contributed by atoms with van der Waals surface area (Å²) in [5, 5.41) is 3.61. The molecule has 0 radical (unpaired) electrons. The minimum Gasteiger partial charge on any atom is -0.496 e. The number of hydrogen-bond donors (Lipinski definition) is 1. The topological polar surface area (TPSA) is 21.3 Å². The van der Waals surface area contributed by atoms with Crippen molar-refractivity contribution in [3.63, 3.8) is 0 Å². The zero-order valence-corrected chi connectivity index (χ0v) is 11.6. The molecule has 0 spiro atoms. The molecule has 1 saturated carbocycles. The second kappa shape index (κ2) is 6.79. The summed E-state index contributed by atoms with van der Waals surface area (Å²) in [4.78, 5) is 0. The van der Waals surface area contributed by atoms with Crippen LogP contribution in [-0.2, 0) is 6.42 Å². The zero-order chi connectivity index (χ0) is 12.8. The van der Waals surface area contributed by atoms with E-state index in [4.69, 9.17) is 4.74 Å². The lowest BCUT2D eigenvalue weighted by Crippen LogP contribution is -2.29. The van der Waals surface area contributed by atoms with Crippen LogP contribution >= 0.6 is 0 Å². The molecular weight excluding hydrogens is 222 g/mol. The lowest BCUT2D eigenvalue weighted by atomic mass is 10.1. The number of methoxy groups -OCH3 is 1. The quantitative estimate of drug-likeness (QED) is 0.711. The van der Waals surface area contributed by atoms with Gasteiger partial charge in [-0.2, -0.15) is 0 Å². The average Bonchev–Trinajstić information content (AvgIpc) is 3.19. The molecule has 18 heavy (non-hydrogen) atoms. The highest BCUT2D eigenvalue weighted by Gasteiger charge is 2.20. The second-order valence-corrected chi connectivity index (χ2v) is 5.46. The Morgan fingerprint density at radius 1 is 1.33 bits per heavy atom. The highest BCUT2D eigenvalue weighted by Crippen LogP contribution is 2.33. The molecule has 0 amide bonds. The molecule has 0 saturated heterocycles. The molecule has 2 rings (SSSR count). The van der Waals surface area contributed by atoms with Crippen LogP contribution in [-0.4, -0.2) is 19.7 Å². The van der Waals surface area contributed by atoms with Gasteiger partial charge in [0.2, 0.25) is 0 Å². The maximum atomic E-state index is 5.38. The number of ether oxygens (including phenoxy) is 1. The van der Waals surface area contributed by atoms with Crippen LogP contribution in [0.4, 0.5) is 0 Å². The van der Waals surface area contributed by atoms with Gasteiger partial charge in [0.1, 0.15) is 5.75 Å². The molecule has 0 aromatic heterocycles. The van der Waals surface area contributed by atoms with Crippen LogP contribution in [0.3, 0.4) is 0 Å². The van der Waals surface area contributed by atoms with Crippen molar-refractivity contribution in [3.8, 4) is 5.75 Å². The van der Waals surface area contributed by atoms with Crippen LogP contribution in [0.25, 0.3) is 0 Å². The molecule has 2 nitrogen and oxygen atoms in total. The van der Waals surface area contributed by atoms with Gasteiger partial charge in [-0.3, -0.25) is 0 Å². The Hall–Kier alpha value is -1.02. The fraction of sp³-hybridized carbons (Fsp3) is 0.625. The van der Waals surface area contributed by atoms with Crippen molar-refractivity contribution >= 4 is 0 Å². The first-order valence-corrected chi connectivity index (χ1v) is 7.15. The van der Waals surface area contributed by atoms with E-state index in [9.17, 15) is 0 Å². The molecule has 0 aliphatic heterocycles. The molecule has 1 aliphatic rings. The molecule has 1 aromatic rings. The lowest BCUT2D eigenvalue weighted by molar-refractivity contribution is 0.405. The Morgan fingerprint density at radius 2 is 2.11 bits per heavy atom. The van der Waals surface area contributed by atoms with Gasteiger partial charge in [0.15, 0.2) is 0 Å². The molecule has 100 valence electrons. The van der Waals surface area contributed by atoms with Crippen LogP contribution in [0.1, 0.15) is 38.2 Å². The Kier molecular flexibility index (Phi) is 5.06. The van der Waals surface area contributed by atoms with Crippen molar-refractivity contribution < 1.29 is 4.74 Å². The fourth-order valence-corrected chi connectivity index (χ4v) is 2.42. The van der Waals surface area contributed by atoms with E-state index in [2.05, 4.69) is 24.4 Å². The molecule has 2 heteroatoms. The Labute approximate surface area is 111 Å². The van der Waals surface area contributed by atoms with E-state index in [0.717, 1.165) is 24.6 Å². The fourth-order valence-electron chi connectivity index (χ4n) is 2.42. The molecule has 1 aromatic carbocycles. The van der Waals surface area contributed by atoms with Gasteiger partial charge < -0.3 is 10.1 Å². The number of hydrogen-bond acceptors (Lipinski definition) is 2. The molecule has 1 atom stereocenters. The summed E-state index contributed by atoms with van der Waals surface area (Å²) in [6, 6.07) is 8.81. The van der Waals surface area contributed by atoms with E-state index in [-0.39, 0.29) is 0 Å². The normalized spacial score (nSPS) is 16.6.